The Kier molecular flexibility index (Phi) is 11.3. The number of anilines is 1. The van der Waals surface area contributed by atoms with Crippen LogP contribution < -0.4 is 15.5 Å². The van der Waals surface area contributed by atoms with Crippen molar-refractivity contribution in [3.8, 4) is 0 Å². The number of aryl methyl sites for hydroxylation is 1. The number of aliphatic imine (C=N–C) groups is 1. The van der Waals surface area contributed by atoms with E-state index in [1.165, 1.54) is 9.88 Å². The number of hydrogen-bond acceptors (Lipinski definition) is 7. The molecule has 2 N–H and O–H groups in total. The second kappa shape index (κ2) is 13.7. The summed E-state index contributed by atoms with van der Waals surface area (Å²) in [6.45, 7) is 11.7. The van der Waals surface area contributed by atoms with E-state index in [2.05, 4.69) is 49.2 Å². The van der Waals surface area contributed by atoms with Gasteiger partial charge in [-0.25, -0.2) is 15.0 Å². The molecule has 0 aliphatic carbocycles. The van der Waals surface area contributed by atoms with Gasteiger partial charge >= 0.3 is 0 Å². The van der Waals surface area contributed by atoms with E-state index in [1.54, 1.807) is 23.7 Å². The number of halogens is 1. The molecule has 30 heavy (non-hydrogen) atoms. The Labute approximate surface area is 200 Å². The summed E-state index contributed by atoms with van der Waals surface area (Å²) in [4.78, 5) is 23.9. The van der Waals surface area contributed by atoms with Crippen LogP contribution in [0.1, 0.15) is 23.7 Å². The van der Waals surface area contributed by atoms with E-state index in [0.717, 1.165) is 77.1 Å². The summed E-state index contributed by atoms with van der Waals surface area (Å²) in [7, 11) is 0. The molecular formula is C20H33IN8S. The fourth-order valence-electron chi connectivity index (χ4n) is 3.19. The Bertz CT molecular complexity index is 746. The Balaban J connectivity index is 0.00000320. The van der Waals surface area contributed by atoms with E-state index in [0.29, 0.717) is 0 Å². The third-order valence-electron chi connectivity index (χ3n) is 4.82. The van der Waals surface area contributed by atoms with Crippen LogP contribution in [-0.4, -0.2) is 78.2 Å². The maximum atomic E-state index is 4.73. The highest BCUT2D eigenvalue weighted by Crippen LogP contribution is 2.13. The molecule has 0 saturated carbocycles. The van der Waals surface area contributed by atoms with Crippen molar-refractivity contribution in [2.24, 2.45) is 4.99 Å². The highest BCUT2D eigenvalue weighted by Gasteiger charge is 2.18. The van der Waals surface area contributed by atoms with Gasteiger partial charge in [-0.3, -0.25) is 9.89 Å². The molecule has 2 aromatic heterocycles. The largest absolute Gasteiger partial charge is 0.357 e. The number of aromatic nitrogens is 3. The van der Waals surface area contributed by atoms with Crippen LogP contribution >= 0.6 is 35.3 Å². The van der Waals surface area contributed by atoms with Gasteiger partial charge in [-0.15, -0.1) is 35.3 Å². The van der Waals surface area contributed by atoms with Gasteiger partial charge in [0.15, 0.2) is 5.96 Å². The zero-order valence-electron chi connectivity index (χ0n) is 17.9. The average molecular weight is 545 g/mol. The molecule has 1 fully saturated rings. The van der Waals surface area contributed by atoms with Gasteiger partial charge in [-0.05, 0) is 19.4 Å². The molecule has 10 heteroatoms. The lowest BCUT2D eigenvalue weighted by Gasteiger charge is -2.34. The van der Waals surface area contributed by atoms with Crippen LogP contribution in [0.5, 0.6) is 0 Å². The summed E-state index contributed by atoms with van der Waals surface area (Å²) >= 11 is 1.80. The number of rotatable bonds is 9. The maximum absolute atomic E-state index is 4.73. The monoisotopic (exact) mass is 544 g/mol. The Morgan fingerprint density at radius 3 is 2.53 bits per heavy atom. The average Bonchev–Trinajstić information content (AvgIpc) is 3.23. The summed E-state index contributed by atoms with van der Waals surface area (Å²) in [5.41, 5.74) is 0. The molecule has 0 spiro atoms. The van der Waals surface area contributed by atoms with Gasteiger partial charge in [0, 0.05) is 75.7 Å². The van der Waals surface area contributed by atoms with Crippen molar-refractivity contribution < 1.29 is 0 Å². The lowest BCUT2D eigenvalue weighted by atomic mass is 10.3. The fraction of sp³-hybridized carbons (Fsp3) is 0.600. The quantitative estimate of drug-likeness (QED) is 0.284. The van der Waals surface area contributed by atoms with Crippen molar-refractivity contribution in [1.29, 1.82) is 0 Å². The molecule has 0 amide bonds. The van der Waals surface area contributed by atoms with E-state index < -0.39 is 0 Å². The zero-order valence-corrected chi connectivity index (χ0v) is 21.0. The first-order valence-electron chi connectivity index (χ1n) is 10.5. The summed E-state index contributed by atoms with van der Waals surface area (Å²) in [5, 5.41) is 7.94. The Hall–Kier alpha value is -1.53. The summed E-state index contributed by atoms with van der Waals surface area (Å²) in [5.74, 6) is 1.71. The van der Waals surface area contributed by atoms with Crippen molar-refractivity contribution in [3.63, 3.8) is 0 Å². The number of piperazine rings is 1. The summed E-state index contributed by atoms with van der Waals surface area (Å²) < 4.78 is 0. The second-order valence-corrected chi connectivity index (χ2v) is 8.09. The van der Waals surface area contributed by atoms with Crippen molar-refractivity contribution >= 4 is 47.2 Å². The first-order valence-corrected chi connectivity index (χ1v) is 11.3. The van der Waals surface area contributed by atoms with Crippen molar-refractivity contribution in [3.05, 3.63) is 34.5 Å². The van der Waals surface area contributed by atoms with Gasteiger partial charge in [0.25, 0.3) is 0 Å². The molecule has 0 atom stereocenters. The zero-order chi connectivity index (χ0) is 20.3. The van der Waals surface area contributed by atoms with Crippen LogP contribution in [0.3, 0.4) is 0 Å². The minimum Gasteiger partial charge on any atom is -0.357 e. The van der Waals surface area contributed by atoms with Gasteiger partial charge in [0.2, 0.25) is 5.95 Å². The molecule has 8 nitrogen and oxygen atoms in total. The first kappa shape index (κ1) is 24.7. The van der Waals surface area contributed by atoms with Crippen molar-refractivity contribution in [1.82, 2.24) is 30.5 Å². The molecule has 3 heterocycles. The minimum absolute atomic E-state index is 0. The Morgan fingerprint density at radius 2 is 1.87 bits per heavy atom. The summed E-state index contributed by atoms with van der Waals surface area (Å²) in [6.07, 6.45) is 7.58. The predicted molar refractivity (Wildman–Crippen MR) is 135 cm³/mol. The number of hydrogen-bond donors (Lipinski definition) is 2. The van der Waals surface area contributed by atoms with E-state index >= 15 is 0 Å². The summed E-state index contributed by atoms with van der Waals surface area (Å²) in [6, 6.07) is 1.85. The number of nitrogens with zero attached hydrogens (tertiary/aromatic N) is 6. The van der Waals surface area contributed by atoms with Crippen LogP contribution in [0.15, 0.2) is 29.6 Å². The van der Waals surface area contributed by atoms with E-state index in [4.69, 9.17) is 4.99 Å². The van der Waals surface area contributed by atoms with Crippen LogP contribution in [0.4, 0.5) is 5.95 Å². The Morgan fingerprint density at radius 1 is 1.10 bits per heavy atom. The highest BCUT2D eigenvalue weighted by molar-refractivity contribution is 14.0. The van der Waals surface area contributed by atoms with Crippen molar-refractivity contribution in [2.75, 3.05) is 57.3 Å². The molecule has 0 aromatic carbocycles. The molecule has 166 valence electrons. The molecule has 0 radical (unpaired) electrons. The second-order valence-electron chi connectivity index (χ2n) is 6.89. The number of guanidine groups is 1. The number of nitrogens with one attached hydrogen (secondary N) is 2. The lowest BCUT2D eigenvalue weighted by molar-refractivity contribution is 0.263. The normalized spacial score (nSPS) is 15.0. The van der Waals surface area contributed by atoms with E-state index in [1.807, 2.05) is 12.3 Å². The van der Waals surface area contributed by atoms with E-state index in [-0.39, 0.29) is 24.0 Å². The molecular weight excluding hydrogens is 511 g/mol. The maximum Gasteiger partial charge on any atom is 0.225 e. The van der Waals surface area contributed by atoms with Gasteiger partial charge in [0.05, 0.1) is 11.6 Å². The first-order chi connectivity index (χ1) is 14.3. The molecule has 0 bridgehead atoms. The predicted octanol–water partition coefficient (Wildman–Crippen LogP) is 2.03. The van der Waals surface area contributed by atoms with Gasteiger partial charge < -0.3 is 15.5 Å². The van der Waals surface area contributed by atoms with Crippen molar-refractivity contribution in [2.45, 2.75) is 26.7 Å². The van der Waals surface area contributed by atoms with Gasteiger partial charge in [-0.1, -0.05) is 6.92 Å². The smallest absolute Gasteiger partial charge is 0.225 e. The van der Waals surface area contributed by atoms with Crippen LogP contribution in [0, 0.1) is 0 Å². The van der Waals surface area contributed by atoms with Crippen LogP contribution in [0.2, 0.25) is 0 Å². The van der Waals surface area contributed by atoms with Gasteiger partial charge in [-0.2, -0.15) is 0 Å². The molecule has 1 aliphatic rings. The molecule has 1 aliphatic heterocycles. The van der Waals surface area contributed by atoms with Crippen LogP contribution in [-0.2, 0) is 12.8 Å². The lowest BCUT2D eigenvalue weighted by Crippen LogP contribution is -2.47. The SMILES string of the molecule is CCNC(=NCCN1CCN(c2ncccn2)CC1)NCCc1ncc(CC)s1.I. The third kappa shape index (κ3) is 7.95. The minimum atomic E-state index is 0. The molecule has 3 rings (SSSR count). The molecule has 2 aromatic rings. The molecule has 1 saturated heterocycles. The topological polar surface area (TPSA) is 81.6 Å². The molecule has 0 unspecified atom stereocenters. The fourth-order valence-corrected chi connectivity index (χ4v) is 4.05. The van der Waals surface area contributed by atoms with Crippen LogP contribution in [0.25, 0.3) is 0 Å². The third-order valence-corrected chi connectivity index (χ3v) is 6.02. The standard InChI is InChI=1S/C20H32N8S.HI/c1-3-17-16-26-18(29-17)6-9-22-19(21-4-2)23-10-11-27-12-14-28(15-13-27)20-24-7-5-8-25-20;/h5,7-8,16H,3-4,6,9-15H2,1-2H3,(H2,21,22,23);1H. The van der Waals surface area contributed by atoms with Gasteiger partial charge in [0.1, 0.15) is 0 Å². The number of thiazole rings is 1. The highest BCUT2D eigenvalue weighted by atomic mass is 127. The van der Waals surface area contributed by atoms with E-state index in [9.17, 15) is 0 Å².